The first-order valence-electron chi connectivity index (χ1n) is 11.7. The normalized spacial score (nSPS) is 20.3. The summed E-state index contributed by atoms with van der Waals surface area (Å²) in [6, 6.07) is 4.70. The van der Waals surface area contributed by atoms with Crippen LogP contribution in [0.1, 0.15) is 58.7 Å². The molecule has 1 aliphatic heterocycles. The Morgan fingerprint density at radius 3 is 2.62 bits per heavy atom. The monoisotopic (exact) mass is 485 g/mol. The Bertz CT molecular complexity index is 1270. The van der Waals surface area contributed by atoms with E-state index in [1.54, 1.807) is 9.42 Å². The molecular formula is C25H29ClFN5O2. The van der Waals surface area contributed by atoms with Crippen molar-refractivity contribution in [1.29, 1.82) is 0 Å². The molecule has 5 rings (SSSR count). The van der Waals surface area contributed by atoms with Crippen LogP contribution < -0.4 is 4.74 Å². The summed E-state index contributed by atoms with van der Waals surface area (Å²) in [5, 5.41) is 5.25. The van der Waals surface area contributed by atoms with Crippen LogP contribution in [0.15, 0.2) is 18.2 Å². The summed E-state index contributed by atoms with van der Waals surface area (Å²) in [6.45, 7) is 4.51. The van der Waals surface area contributed by atoms with Gasteiger partial charge < -0.3 is 14.5 Å². The highest BCUT2D eigenvalue weighted by molar-refractivity contribution is 6.31. The van der Waals surface area contributed by atoms with E-state index in [0.717, 1.165) is 54.0 Å². The fraction of sp³-hybridized carbons (Fsp3) is 0.480. The highest BCUT2D eigenvalue weighted by atomic mass is 35.5. The topological polar surface area (TPSA) is 63.0 Å². The Labute approximate surface area is 203 Å². The number of halogens is 2. The van der Waals surface area contributed by atoms with Gasteiger partial charge in [0, 0.05) is 17.7 Å². The number of nitrogens with zero attached hydrogens (tertiary/aromatic N) is 5. The van der Waals surface area contributed by atoms with E-state index in [0.29, 0.717) is 35.5 Å². The van der Waals surface area contributed by atoms with E-state index < -0.39 is 5.82 Å². The van der Waals surface area contributed by atoms with Gasteiger partial charge in [0.2, 0.25) is 0 Å². The molecular weight excluding hydrogens is 457 g/mol. The first kappa shape index (κ1) is 23.1. The molecule has 3 aromatic rings. The Hall–Kier alpha value is -2.71. The number of carbonyl (C=O) groups excluding carboxylic acids is 1. The minimum atomic E-state index is -0.414. The highest BCUT2D eigenvalue weighted by Gasteiger charge is 2.32. The fourth-order valence-electron chi connectivity index (χ4n) is 5.06. The van der Waals surface area contributed by atoms with E-state index in [1.165, 1.54) is 18.2 Å². The Balaban J connectivity index is 1.36. The van der Waals surface area contributed by atoms with Crippen LogP contribution in [0.2, 0.25) is 5.02 Å². The van der Waals surface area contributed by atoms with Crippen molar-refractivity contribution in [3.63, 3.8) is 0 Å². The summed E-state index contributed by atoms with van der Waals surface area (Å²) >= 11 is 6.34. The lowest BCUT2D eigenvalue weighted by atomic mass is 9.92. The highest BCUT2D eigenvalue weighted by Crippen LogP contribution is 2.33. The maximum absolute atomic E-state index is 14.1. The predicted molar refractivity (Wildman–Crippen MR) is 128 cm³/mol. The largest absolute Gasteiger partial charge is 0.489 e. The van der Waals surface area contributed by atoms with Gasteiger partial charge in [-0.2, -0.15) is 5.10 Å². The zero-order valence-electron chi connectivity index (χ0n) is 19.9. The van der Waals surface area contributed by atoms with Gasteiger partial charge in [-0.1, -0.05) is 11.6 Å². The standard InChI is InChI=1S/C25H29ClFN5O2/c1-14-23(26)15(2)32-24(28-14)20-12-31(13-21(20)29-32)25(33)19-10-5-16(27)11-22(19)34-18-8-6-17(7-9-18)30(3)4/h5,10-11,17-18H,6-9,12-13H2,1-4H3/t17-,18+. The summed E-state index contributed by atoms with van der Waals surface area (Å²) in [5.74, 6) is -0.299. The van der Waals surface area contributed by atoms with E-state index in [9.17, 15) is 9.18 Å². The number of aryl methyl sites for hydroxylation is 2. The Morgan fingerprint density at radius 2 is 1.91 bits per heavy atom. The summed E-state index contributed by atoms with van der Waals surface area (Å²) in [7, 11) is 4.18. The average molecular weight is 486 g/mol. The molecule has 0 unspecified atom stereocenters. The number of carbonyl (C=O) groups is 1. The van der Waals surface area contributed by atoms with Gasteiger partial charge in [-0.25, -0.2) is 13.9 Å². The number of hydrogen-bond acceptors (Lipinski definition) is 5. The predicted octanol–water partition coefficient (Wildman–Crippen LogP) is 4.55. The lowest BCUT2D eigenvalue weighted by Gasteiger charge is -2.33. The molecule has 0 radical (unpaired) electrons. The first-order chi connectivity index (χ1) is 16.2. The van der Waals surface area contributed by atoms with E-state index in [2.05, 4.69) is 29.1 Å². The first-order valence-corrected chi connectivity index (χ1v) is 12.1. The quantitative estimate of drug-likeness (QED) is 0.542. The molecule has 1 aliphatic carbocycles. The van der Waals surface area contributed by atoms with Crippen molar-refractivity contribution in [2.24, 2.45) is 0 Å². The van der Waals surface area contributed by atoms with Crippen LogP contribution in [0, 0.1) is 19.7 Å². The molecule has 34 heavy (non-hydrogen) atoms. The van der Waals surface area contributed by atoms with Gasteiger partial charge in [0.05, 0.1) is 46.9 Å². The van der Waals surface area contributed by atoms with Crippen molar-refractivity contribution >= 4 is 23.2 Å². The second-order valence-corrected chi connectivity index (χ2v) is 9.95. The molecule has 3 heterocycles. The summed E-state index contributed by atoms with van der Waals surface area (Å²) in [5.41, 5.74) is 4.38. The summed E-state index contributed by atoms with van der Waals surface area (Å²) < 4.78 is 22.1. The summed E-state index contributed by atoms with van der Waals surface area (Å²) in [4.78, 5) is 22.1. The maximum atomic E-state index is 14.1. The van der Waals surface area contributed by atoms with Crippen LogP contribution in [0.3, 0.4) is 0 Å². The van der Waals surface area contributed by atoms with Crippen LogP contribution in [-0.2, 0) is 13.1 Å². The third-order valence-electron chi connectivity index (χ3n) is 7.08. The zero-order valence-corrected chi connectivity index (χ0v) is 20.7. The van der Waals surface area contributed by atoms with Crippen LogP contribution in [-0.4, -0.2) is 56.5 Å². The molecule has 2 aliphatic rings. The molecule has 0 N–H and O–H groups in total. The number of benzene rings is 1. The molecule has 0 atom stereocenters. The van der Waals surface area contributed by atoms with Gasteiger partial charge in [0.15, 0.2) is 5.65 Å². The number of amides is 1. The van der Waals surface area contributed by atoms with E-state index in [1.807, 2.05) is 13.8 Å². The average Bonchev–Trinajstić information content (AvgIpc) is 3.37. The summed E-state index contributed by atoms with van der Waals surface area (Å²) in [6.07, 6.45) is 3.78. The van der Waals surface area contributed by atoms with Crippen molar-refractivity contribution in [2.75, 3.05) is 14.1 Å². The number of aromatic nitrogens is 3. The SMILES string of the molecule is Cc1nc2c3c(nn2c(C)c1Cl)CN(C(=O)c1ccc(F)cc1O[C@H]1CC[C@@H](N(C)C)CC1)C3. The van der Waals surface area contributed by atoms with Crippen molar-refractivity contribution in [1.82, 2.24) is 24.4 Å². The molecule has 2 aromatic heterocycles. The maximum Gasteiger partial charge on any atom is 0.258 e. The molecule has 0 saturated heterocycles. The molecule has 1 aromatic carbocycles. The van der Waals surface area contributed by atoms with Gasteiger partial charge in [0.1, 0.15) is 11.6 Å². The van der Waals surface area contributed by atoms with E-state index in [-0.39, 0.29) is 12.0 Å². The Kier molecular flexibility index (Phi) is 5.98. The van der Waals surface area contributed by atoms with E-state index >= 15 is 0 Å². The molecule has 1 saturated carbocycles. The fourth-order valence-corrected chi connectivity index (χ4v) is 5.18. The number of rotatable bonds is 4. The molecule has 0 bridgehead atoms. The minimum Gasteiger partial charge on any atom is -0.489 e. The Morgan fingerprint density at radius 1 is 1.18 bits per heavy atom. The second kappa shape index (κ2) is 8.82. The van der Waals surface area contributed by atoms with Crippen LogP contribution >= 0.6 is 11.6 Å². The van der Waals surface area contributed by atoms with E-state index in [4.69, 9.17) is 16.3 Å². The van der Waals surface area contributed by atoms with Gasteiger partial charge >= 0.3 is 0 Å². The van der Waals surface area contributed by atoms with Crippen LogP contribution in [0.25, 0.3) is 5.65 Å². The molecule has 180 valence electrons. The van der Waals surface area contributed by atoms with Crippen LogP contribution in [0.5, 0.6) is 5.75 Å². The van der Waals surface area contributed by atoms with Crippen molar-refractivity contribution in [3.05, 3.63) is 57.2 Å². The van der Waals surface area contributed by atoms with Gasteiger partial charge in [-0.15, -0.1) is 0 Å². The van der Waals surface area contributed by atoms with Gasteiger partial charge in [0.25, 0.3) is 5.91 Å². The lowest BCUT2D eigenvalue weighted by Crippen LogP contribution is -2.35. The van der Waals surface area contributed by atoms with Crippen molar-refractivity contribution < 1.29 is 13.9 Å². The molecule has 0 spiro atoms. The zero-order chi connectivity index (χ0) is 24.1. The van der Waals surface area contributed by atoms with Gasteiger partial charge in [-0.3, -0.25) is 4.79 Å². The molecule has 7 nitrogen and oxygen atoms in total. The lowest BCUT2D eigenvalue weighted by molar-refractivity contribution is 0.0732. The molecule has 1 fully saturated rings. The number of ether oxygens (including phenoxy) is 1. The second-order valence-electron chi connectivity index (χ2n) is 9.57. The third kappa shape index (κ3) is 4.03. The molecule has 1 amide bonds. The molecule has 9 heteroatoms. The van der Waals surface area contributed by atoms with Gasteiger partial charge in [-0.05, 0) is 65.8 Å². The van der Waals surface area contributed by atoms with Crippen molar-refractivity contribution in [2.45, 2.75) is 64.8 Å². The third-order valence-corrected chi connectivity index (χ3v) is 7.63. The van der Waals surface area contributed by atoms with Crippen LogP contribution in [0.4, 0.5) is 4.39 Å². The number of fused-ring (bicyclic) bond motifs is 3. The number of hydrogen-bond donors (Lipinski definition) is 0. The minimum absolute atomic E-state index is 0.0237. The van der Waals surface area contributed by atoms with Crippen molar-refractivity contribution in [3.8, 4) is 5.75 Å². The smallest absolute Gasteiger partial charge is 0.258 e.